The Morgan fingerprint density at radius 1 is 1.24 bits per heavy atom. The number of rotatable bonds is 4. The second-order valence-electron chi connectivity index (χ2n) is 3.80. The smallest absolute Gasteiger partial charge is 0.353 e. The van der Waals surface area contributed by atoms with Crippen molar-refractivity contribution >= 4 is 46.2 Å². The Hall–Kier alpha value is -2.19. The third-order valence-corrected chi connectivity index (χ3v) is 3.09. The van der Waals surface area contributed by atoms with Crippen molar-refractivity contribution in [2.75, 3.05) is 17.7 Å². The van der Waals surface area contributed by atoms with E-state index < -0.39 is 10.7 Å². The molecular weight excluding hydrogens is 324 g/mol. The van der Waals surface area contributed by atoms with Crippen LogP contribution in [0.2, 0.25) is 10.0 Å². The van der Waals surface area contributed by atoms with Crippen molar-refractivity contribution in [2.45, 2.75) is 0 Å². The molecule has 0 atom stereocenters. The van der Waals surface area contributed by atoms with E-state index in [1.54, 1.807) is 0 Å². The number of nitrogens with zero attached hydrogens (tertiary/aromatic N) is 3. The van der Waals surface area contributed by atoms with Gasteiger partial charge in [-0.1, -0.05) is 23.2 Å². The highest BCUT2D eigenvalue weighted by Gasteiger charge is 2.23. The van der Waals surface area contributed by atoms with Gasteiger partial charge in [0.15, 0.2) is 0 Å². The van der Waals surface area contributed by atoms with Crippen molar-refractivity contribution in [1.29, 1.82) is 0 Å². The molecule has 0 saturated heterocycles. The Kier molecular flexibility index (Phi) is 4.39. The number of anilines is 3. The summed E-state index contributed by atoms with van der Waals surface area (Å²) in [7, 11) is 1.48. The van der Waals surface area contributed by atoms with Crippen molar-refractivity contribution < 1.29 is 9.31 Å². The summed E-state index contributed by atoms with van der Waals surface area (Å²) in [4.78, 5) is 18.0. The van der Waals surface area contributed by atoms with Crippen LogP contribution in [0.3, 0.4) is 0 Å². The second-order valence-corrected chi connectivity index (χ2v) is 4.61. The van der Waals surface area contributed by atoms with Crippen molar-refractivity contribution in [3.05, 3.63) is 44.4 Å². The summed E-state index contributed by atoms with van der Waals surface area (Å²) < 4.78 is 13.1. The Bertz CT molecular complexity index is 690. The first-order chi connectivity index (χ1) is 9.93. The maximum atomic E-state index is 13.1. The predicted octanol–water partition coefficient (Wildman–Crippen LogP) is 3.62. The van der Waals surface area contributed by atoms with E-state index in [0.29, 0.717) is 0 Å². The zero-order chi connectivity index (χ0) is 15.6. The van der Waals surface area contributed by atoms with Crippen LogP contribution >= 0.6 is 23.2 Å². The van der Waals surface area contributed by atoms with Gasteiger partial charge < -0.3 is 10.6 Å². The molecule has 0 saturated carbocycles. The van der Waals surface area contributed by atoms with Gasteiger partial charge in [-0.05, 0) is 12.1 Å². The maximum Gasteiger partial charge on any atom is 0.353 e. The van der Waals surface area contributed by atoms with Gasteiger partial charge in [-0.2, -0.15) is 0 Å². The summed E-state index contributed by atoms with van der Waals surface area (Å²) in [5.74, 6) is -0.717. The van der Waals surface area contributed by atoms with Crippen LogP contribution in [0.5, 0.6) is 0 Å². The van der Waals surface area contributed by atoms with Gasteiger partial charge in [0.25, 0.3) is 0 Å². The lowest BCUT2D eigenvalue weighted by molar-refractivity contribution is -0.383. The molecule has 0 spiro atoms. The van der Waals surface area contributed by atoms with E-state index in [2.05, 4.69) is 20.6 Å². The standard InChI is InChI=1S/C11H8Cl2FN5O2/c1-15-10-9(19(20)21)11(17-4-16-10)18-8-6(12)2-5(14)3-7(8)13/h2-4H,1H3,(H2,15,16,17,18). The van der Waals surface area contributed by atoms with Crippen LogP contribution in [0, 0.1) is 15.9 Å². The maximum absolute atomic E-state index is 13.1. The quantitative estimate of drug-likeness (QED) is 0.656. The SMILES string of the molecule is CNc1ncnc(Nc2c(Cl)cc(F)cc2Cl)c1[N+](=O)[O-]. The highest BCUT2D eigenvalue weighted by molar-refractivity contribution is 6.39. The third kappa shape index (κ3) is 3.11. The van der Waals surface area contributed by atoms with Gasteiger partial charge in [0, 0.05) is 7.05 Å². The van der Waals surface area contributed by atoms with E-state index >= 15 is 0 Å². The molecule has 2 aromatic rings. The molecular formula is C11H8Cl2FN5O2. The highest BCUT2D eigenvalue weighted by atomic mass is 35.5. The largest absolute Gasteiger partial charge is 0.367 e. The zero-order valence-electron chi connectivity index (χ0n) is 10.5. The monoisotopic (exact) mass is 331 g/mol. The molecule has 1 aromatic heterocycles. The summed E-state index contributed by atoms with van der Waals surface area (Å²) in [6.07, 6.45) is 1.13. The molecule has 0 unspecified atom stereocenters. The fourth-order valence-corrected chi connectivity index (χ4v) is 2.16. The normalized spacial score (nSPS) is 10.3. The van der Waals surface area contributed by atoms with Crippen LogP contribution in [0.1, 0.15) is 0 Å². The fourth-order valence-electron chi connectivity index (χ4n) is 1.61. The number of nitrogens with one attached hydrogen (secondary N) is 2. The van der Waals surface area contributed by atoms with Crippen LogP contribution in [0.25, 0.3) is 0 Å². The van der Waals surface area contributed by atoms with E-state index in [1.807, 2.05) is 0 Å². The number of aromatic nitrogens is 2. The number of halogens is 3. The molecule has 0 fully saturated rings. The van der Waals surface area contributed by atoms with Gasteiger partial charge >= 0.3 is 5.69 Å². The lowest BCUT2D eigenvalue weighted by Gasteiger charge is -2.11. The average molecular weight is 332 g/mol. The molecule has 10 heteroatoms. The molecule has 2 N–H and O–H groups in total. The van der Waals surface area contributed by atoms with Gasteiger partial charge in [0.1, 0.15) is 12.1 Å². The van der Waals surface area contributed by atoms with E-state index in [9.17, 15) is 14.5 Å². The summed E-state index contributed by atoms with van der Waals surface area (Å²) in [5.41, 5.74) is -0.264. The first kappa shape index (κ1) is 15.2. The Morgan fingerprint density at radius 2 is 1.81 bits per heavy atom. The lowest BCUT2D eigenvalue weighted by Crippen LogP contribution is -2.05. The van der Waals surface area contributed by atoms with Gasteiger partial charge in [0.2, 0.25) is 11.6 Å². The summed E-state index contributed by atoms with van der Waals surface area (Å²) in [6, 6.07) is 2.06. The van der Waals surface area contributed by atoms with Gasteiger partial charge in [-0.15, -0.1) is 0 Å². The number of nitro groups is 1. The number of hydrogen-bond donors (Lipinski definition) is 2. The summed E-state index contributed by atoms with van der Waals surface area (Å²) in [5, 5.41) is 16.3. The van der Waals surface area contributed by atoms with Crippen LogP contribution in [-0.4, -0.2) is 21.9 Å². The molecule has 0 aliphatic rings. The first-order valence-corrected chi connectivity index (χ1v) is 6.28. The zero-order valence-corrected chi connectivity index (χ0v) is 12.0. The molecule has 0 radical (unpaired) electrons. The predicted molar refractivity (Wildman–Crippen MR) is 77.9 cm³/mol. The average Bonchev–Trinajstić information content (AvgIpc) is 2.42. The molecule has 1 heterocycles. The Morgan fingerprint density at radius 3 is 2.33 bits per heavy atom. The molecule has 110 valence electrons. The number of hydrogen-bond acceptors (Lipinski definition) is 6. The number of benzene rings is 1. The van der Waals surface area contributed by atoms with E-state index in [1.165, 1.54) is 7.05 Å². The molecule has 7 nitrogen and oxygen atoms in total. The molecule has 21 heavy (non-hydrogen) atoms. The van der Waals surface area contributed by atoms with Gasteiger partial charge in [-0.25, -0.2) is 14.4 Å². The molecule has 2 rings (SSSR count). The highest BCUT2D eigenvalue weighted by Crippen LogP contribution is 2.37. The van der Waals surface area contributed by atoms with Crippen molar-refractivity contribution in [1.82, 2.24) is 9.97 Å². The van der Waals surface area contributed by atoms with Crippen LogP contribution < -0.4 is 10.6 Å². The van der Waals surface area contributed by atoms with Crippen LogP contribution in [0.4, 0.5) is 27.4 Å². The van der Waals surface area contributed by atoms with Crippen molar-refractivity contribution in [3.63, 3.8) is 0 Å². The molecule has 0 amide bonds. The van der Waals surface area contributed by atoms with E-state index in [-0.39, 0.29) is 33.1 Å². The van der Waals surface area contributed by atoms with Crippen LogP contribution in [0.15, 0.2) is 18.5 Å². The summed E-state index contributed by atoms with van der Waals surface area (Å²) in [6.45, 7) is 0. The van der Waals surface area contributed by atoms with Gasteiger partial charge in [0.05, 0.1) is 20.7 Å². The second kappa shape index (κ2) is 6.06. The summed E-state index contributed by atoms with van der Waals surface area (Å²) >= 11 is 11.7. The minimum absolute atomic E-state index is 0.0202. The van der Waals surface area contributed by atoms with Crippen molar-refractivity contribution in [2.24, 2.45) is 0 Å². The minimum Gasteiger partial charge on any atom is -0.367 e. The van der Waals surface area contributed by atoms with Gasteiger partial charge in [-0.3, -0.25) is 10.1 Å². The van der Waals surface area contributed by atoms with E-state index in [0.717, 1.165) is 18.5 Å². The molecule has 1 aromatic carbocycles. The fraction of sp³-hybridized carbons (Fsp3) is 0.0909. The topological polar surface area (TPSA) is 93.0 Å². The molecule has 0 aliphatic carbocycles. The minimum atomic E-state index is -0.653. The van der Waals surface area contributed by atoms with E-state index in [4.69, 9.17) is 23.2 Å². The Labute approximate surface area is 128 Å². The Balaban J connectivity index is 2.52. The van der Waals surface area contributed by atoms with Crippen LogP contribution in [-0.2, 0) is 0 Å². The lowest BCUT2D eigenvalue weighted by atomic mass is 10.3. The molecule has 0 aliphatic heterocycles. The van der Waals surface area contributed by atoms with Crippen molar-refractivity contribution in [3.8, 4) is 0 Å². The first-order valence-electron chi connectivity index (χ1n) is 5.52. The molecule has 0 bridgehead atoms. The third-order valence-electron chi connectivity index (χ3n) is 2.49.